The van der Waals surface area contributed by atoms with E-state index in [0.717, 1.165) is 25.9 Å². The normalized spacial score (nSPS) is 13.2. The number of rotatable bonds is 10. The molecular formula is C24H33BN8O3. The Morgan fingerprint density at radius 3 is 2.58 bits per heavy atom. The number of aromatic nitrogens is 2. The van der Waals surface area contributed by atoms with Crippen molar-refractivity contribution in [1.82, 2.24) is 19.8 Å². The zero-order valence-corrected chi connectivity index (χ0v) is 21.0. The Bertz CT molecular complexity index is 1100. The number of urea groups is 1. The molecule has 0 aliphatic carbocycles. The van der Waals surface area contributed by atoms with Gasteiger partial charge in [-0.25, -0.2) is 9.78 Å². The van der Waals surface area contributed by atoms with E-state index in [1.807, 2.05) is 18.2 Å². The number of carbonyl (C=O) groups is 3. The molecule has 1 saturated heterocycles. The van der Waals surface area contributed by atoms with Gasteiger partial charge in [0.25, 0.3) is 0 Å². The van der Waals surface area contributed by atoms with Crippen molar-refractivity contribution in [2.75, 3.05) is 49.2 Å². The third-order valence-electron chi connectivity index (χ3n) is 6.04. The van der Waals surface area contributed by atoms with Crippen LogP contribution in [-0.4, -0.2) is 78.7 Å². The highest BCUT2D eigenvalue weighted by molar-refractivity contribution is 6.35. The number of amides is 4. The summed E-state index contributed by atoms with van der Waals surface area (Å²) in [6.45, 7) is 5.49. The van der Waals surface area contributed by atoms with Crippen LogP contribution in [0.5, 0.6) is 0 Å². The van der Waals surface area contributed by atoms with E-state index in [1.54, 1.807) is 18.0 Å². The number of hydrogen-bond donors (Lipinski definition) is 4. The van der Waals surface area contributed by atoms with Gasteiger partial charge in [0.05, 0.1) is 0 Å². The lowest BCUT2D eigenvalue weighted by molar-refractivity contribution is -0.146. The third kappa shape index (κ3) is 6.86. The first-order valence-corrected chi connectivity index (χ1v) is 11.9. The van der Waals surface area contributed by atoms with E-state index in [1.165, 1.54) is 24.9 Å². The van der Waals surface area contributed by atoms with Crippen molar-refractivity contribution in [3.05, 3.63) is 30.5 Å². The Morgan fingerprint density at radius 2 is 1.89 bits per heavy atom. The summed E-state index contributed by atoms with van der Waals surface area (Å²) in [4.78, 5) is 48.2. The summed E-state index contributed by atoms with van der Waals surface area (Å²) in [5.41, 5.74) is 5.83. The van der Waals surface area contributed by atoms with Crippen molar-refractivity contribution in [3.8, 4) is 0 Å². The Hall–Kier alpha value is -3.83. The molecule has 2 radical (unpaired) electrons. The van der Waals surface area contributed by atoms with Crippen LogP contribution >= 0.6 is 0 Å². The predicted octanol–water partition coefficient (Wildman–Crippen LogP) is 1.41. The van der Waals surface area contributed by atoms with Crippen LogP contribution in [0, 0.1) is 5.41 Å². The molecule has 1 aliphatic rings. The molecule has 0 atom stereocenters. The lowest BCUT2D eigenvalue weighted by Gasteiger charge is -2.26. The third-order valence-corrected chi connectivity index (χ3v) is 6.04. The Kier molecular flexibility index (Phi) is 8.73. The molecule has 11 nitrogen and oxygen atoms in total. The van der Waals surface area contributed by atoms with Gasteiger partial charge in [0, 0.05) is 50.8 Å². The quantitative estimate of drug-likeness (QED) is 0.223. The lowest BCUT2D eigenvalue weighted by Crippen LogP contribution is -2.46. The van der Waals surface area contributed by atoms with E-state index in [4.69, 9.17) is 13.6 Å². The van der Waals surface area contributed by atoms with Crippen molar-refractivity contribution in [2.24, 2.45) is 11.1 Å². The van der Waals surface area contributed by atoms with E-state index in [2.05, 4.69) is 25.9 Å². The zero-order chi connectivity index (χ0) is 26.3. The molecule has 0 unspecified atom stereocenters. The van der Waals surface area contributed by atoms with Crippen LogP contribution in [0.2, 0.25) is 0 Å². The van der Waals surface area contributed by atoms with Crippen LogP contribution < -0.4 is 27.1 Å². The number of benzene rings is 1. The smallest absolute Gasteiger partial charge is 0.321 e. The van der Waals surface area contributed by atoms with Crippen LogP contribution in [0.1, 0.15) is 33.1 Å². The van der Waals surface area contributed by atoms with Crippen LogP contribution in [0.15, 0.2) is 30.5 Å². The highest BCUT2D eigenvalue weighted by atomic mass is 16.2. The molecule has 36 heavy (non-hydrogen) atoms. The monoisotopic (exact) mass is 492 g/mol. The molecule has 0 saturated carbocycles. The molecule has 1 aromatic heterocycles. The second kappa shape index (κ2) is 11.7. The van der Waals surface area contributed by atoms with Crippen LogP contribution in [0.3, 0.4) is 0 Å². The second-order valence-corrected chi connectivity index (χ2v) is 9.32. The molecule has 3 rings (SSSR count). The average Bonchev–Trinajstić information content (AvgIpc) is 3.38. The Labute approximate surface area is 212 Å². The van der Waals surface area contributed by atoms with Gasteiger partial charge in [0.2, 0.25) is 17.8 Å². The van der Waals surface area contributed by atoms with E-state index in [0.29, 0.717) is 48.1 Å². The molecule has 2 heterocycles. The first kappa shape index (κ1) is 26.8. The number of likely N-dealkylation sites (tertiary alicyclic amines) is 1. The van der Waals surface area contributed by atoms with Crippen LogP contribution in [0.25, 0.3) is 0 Å². The van der Waals surface area contributed by atoms with Gasteiger partial charge < -0.3 is 31.5 Å². The first-order valence-electron chi connectivity index (χ1n) is 11.9. The minimum atomic E-state index is -1.26. The molecule has 1 aromatic carbocycles. The van der Waals surface area contributed by atoms with Gasteiger partial charge >= 0.3 is 6.03 Å². The number of hydrogen-bond acceptors (Lipinski definition) is 7. The number of nitrogens with two attached hydrogens (primary N) is 1. The van der Waals surface area contributed by atoms with Crippen molar-refractivity contribution in [3.63, 3.8) is 0 Å². The summed E-state index contributed by atoms with van der Waals surface area (Å²) in [5.74, 6) is -0.199. The van der Waals surface area contributed by atoms with Gasteiger partial charge in [-0.05, 0) is 56.8 Å². The van der Waals surface area contributed by atoms with E-state index in [-0.39, 0.29) is 11.9 Å². The van der Waals surface area contributed by atoms with Crippen LogP contribution in [-0.2, 0) is 9.59 Å². The highest BCUT2D eigenvalue weighted by Crippen LogP contribution is 2.20. The van der Waals surface area contributed by atoms with E-state index >= 15 is 0 Å². The number of primary amides is 1. The largest absolute Gasteiger partial charge is 0.370 e. The first-order chi connectivity index (χ1) is 17.1. The number of nitrogens with one attached hydrogen (secondary N) is 3. The maximum atomic E-state index is 12.4. The Morgan fingerprint density at radius 1 is 1.19 bits per heavy atom. The predicted molar refractivity (Wildman–Crippen MR) is 141 cm³/mol. The van der Waals surface area contributed by atoms with E-state index < -0.39 is 11.3 Å². The Balaban J connectivity index is 1.54. The second-order valence-electron chi connectivity index (χ2n) is 9.32. The molecule has 1 aliphatic heterocycles. The highest BCUT2D eigenvalue weighted by Gasteiger charge is 2.36. The van der Waals surface area contributed by atoms with Gasteiger partial charge in [-0.2, -0.15) is 4.98 Å². The van der Waals surface area contributed by atoms with Crippen molar-refractivity contribution in [2.45, 2.75) is 33.1 Å². The summed E-state index contributed by atoms with van der Waals surface area (Å²) in [6, 6.07) is 7.20. The zero-order valence-electron chi connectivity index (χ0n) is 21.0. The molecule has 4 amide bonds. The average molecular weight is 492 g/mol. The topological polar surface area (TPSA) is 146 Å². The van der Waals surface area contributed by atoms with Crippen molar-refractivity contribution >= 4 is 54.3 Å². The number of nitrogens with zero attached hydrogens (tertiary/aromatic N) is 4. The summed E-state index contributed by atoms with van der Waals surface area (Å²) in [5, 5.41) is 9.20. The van der Waals surface area contributed by atoms with Crippen molar-refractivity contribution in [1.29, 1.82) is 0 Å². The van der Waals surface area contributed by atoms with Gasteiger partial charge in [0.15, 0.2) is 0 Å². The standard InChI is InChI=1S/C24H33BN8O3/c1-24(2,20(26)34)21(35)32(3)11-7-10-27-19-18(25)15-28-22(31-19)29-16-8-6-9-17(14-16)30-23(36)33-12-4-5-13-33/h6,8-9,14-15H,4-5,7,10-13H2,1-3H3,(H2,26,34)(H,30,36)(H2,27,28,29,31). The molecule has 190 valence electrons. The number of anilines is 4. The molecule has 0 spiro atoms. The minimum Gasteiger partial charge on any atom is -0.370 e. The van der Waals surface area contributed by atoms with Crippen LogP contribution in [0.4, 0.5) is 27.9 Å². The molecule has 2 aromatic rings. The molecule has 12 heteroatoms. The molecular weight excluding hydrogens is 459 g/mol. The van der Waals surface area contributed by atoms with Crippen molar-refractivity contribution < 1.29 is 14.4 Å². The van der Waals surface area contributed by atoms with E-state index in [9.17, 15) is 14.4 Å². The lowest BCUT2D eigenvalue weighted by atomic mass is 9.91. The summed E-state index contributed by atoms with van der Waals surface area (Å²) >= 11 is 0. The maximum Gasteiger partial charge on any atom is 0.321 e. The summed E-state index contributed by atoms with van der Waals surface area (Å²) in [6.07, 6.45) is 4.16. The fourth-order valence-electron chi connectivity index (χ4n) is 3.73. The fraction of sp³-hybridized carbons (Fsp3) is 0.458. The summed E-state index contributed by atoms with van der Waals surface area (Å²) < 4.78 is 0. The maximum absolute atomic E-state index is 12.4. The summed E-state index contributed by atoms with van der Waals surface area (Å²) in [7, 11) is 7.65. The van der Waals surface area contributed by atoms with Gasteiger partial charge in [-0.1, -0.05) is 6.07 Å². The van der Waals surface area contributed by atoms with Gasteiger partial charge in [0.1, 0.15) is 19.1 Å². The SMILES string of the molecule is [B]c1cnc(Nc2cccc(NC(=O)N3CCCC3)c2)nc1NCCCN(C)C(=O)C(C)(C)C(N)=O. The fourth-order valence-corrected chi connectivity index (χ4v) is 3.73. The minimum absolute atomic E-state index is 0.106. The van der Waals surface area contributed by atoms with Gasteiger partial charge in [-0.15, -0.1) is 0 Å². The number of carbonyl (C=O) groups excluding carboxylic acids is 3. The molecule has 1 fully saturated rings. The molecule has 0 bridgehead atoms. The van der Waals surface area contributed by atoms with Gasteiger partial charge in [-0.3, -0.25) is 9.59 Å². The molecule has 5 N–H and O–H groups in total.